The van der Waals surface area contributed by atoms with Gasteiger partial charge in [-0.1, -0.05) is 12.1 Å². The van der Waals surface area contributed by atoms with Gasteiger partial charge in [0, 0.05) is 51.4 Å². The van der Waals surface area contributed by atoms with Crippen molar-refractivity contribution >= 4 is 5.97 Å². The third-order valence-electron chi connectivity index (χ3n) is 3.80. The van der Waals surface area contributed by atoms with E-state index >= 15 is 0 Å². The normalized spacial score (nSPS) is 15.7. The standard InChI is InChI=1S/C16H25N3O3/c1-22-15-10-13(12-19-8-6-17-7-9-19)2-3-14(15)11-18-5-4-16(20)21/h2-3,10,17-18H,4-9,11-12H2,1H3,(H,20,21). The number of methoxy groups -OCH3 is 1. The molecular formula is C16H25N3O3. The molecule has 1 aliphatic rings. The molecule has 1 aromatic rings. The lowest BCUT2D eigenvalue weighted by molar-refractivity contribution is -0.136. The Balaban J connectivity index is 1.90. The number of carboxylic acids is 1. The van der Waals surface area contributed by atoms with Crippen LogP contribution in [0.1, 0.15) is 17.5 Å². The van der Waals surface area contributed by atoms with E-state index in [1.165, 1.54) is 5.56 Å². The van der Waals surface area contributed by atoms with Gasteiger partial charge in [-0.2, -0.15) is 0 Å². The molecule has 0 unspecified atom stereocenters. The predicted molar refractivity (Wildman–Crippen MR) is 85.1 cm³/mol. The van der Waals surface area contributed by atoms with E-state index in [1.807, 2.05) is 0 Å². The minimum Gasteiger partial charge on any atom is -0.496 e. The van der Waals surface area contributed by atoms with Crippen LogP contribution in [0.5, 0.6) is 5.75 Å². The summed E-state index contributed by atoms with van der Waals surface area (Å²) in [6.45, 7) is 6.24. The van der Waals surface area contributed by atoms with Gasteiger partial charge in [-0.3, -0.25) is 9.69 Å². The van der Waals surface area contributed by atoms with Gasteiger partial charge in [0.1, 0.15) is 5.75 Å². The summed E-state index contributed by atoms with van der Waals surface area (Å²) in [5.41, 5.74) is 2.30. The van der Waals surface area contributed by atoms with Crippen LogP contribution in [0.25, 0.3) is 0 Å². The van der Waals surface area contributed by atoms with Crippen molar-refractivity contribution in [1.82, 2.24) is 15.5 Å². The van der Waals surface area contributed by atoms with Crippen LogP contribution in [0, 0.1) is 0 Å². The molecule has 0 spiro atoms. The molecule has 3 N–H and O–H groups in total. The molecule has 1 aromatic carbocycles. The third kappa shape index (κ3) is 5.29. The van der Waals surface area contributed by atoms with Gasteiger partial charge >= 0.3 is 5.97 Å². The minimum absolute atomic E-state index is 0.128. The highest BCUT2D eigenvalue weighted by Crippen LogP contribution is 2.21. The Hall–Kier alpha value is -1.63. The van der Waals surface area contributed by atoms with Crippen LogP contribution in [0.3, 0.4) is 0 Å². The number of aliphatic carboxylic acids is 1. The number of nitrogens with one attached hydrogen (secondary N) is 2. The molecular weight excluding hydrogens is 282 g/mol. The zero-order chi connectivity index (χ0) is 15.8. The Labute approximate surface area is 131 Å². The fourth-order valence-corrected chi connectivity index (χ4v) is 2.58. The van der Waals surface area contributed by atoms with Gasteiger partial charge < -0.3 is 20.5 Å². The van der Waals surface area contributed by atoms with E-state index in [-0.39, 0.29) is 6.42 Å². The van der Waals surface area contributed by atoms with Crippen molar-refractivity contribution in [2.75, 3.05) is 39.8 Å². The summed E-state index contributed by atoms with van der Waals surface area (Å²) in [6.07, 6.45) is 0.128. The Morgan fingerprint density at radius 3 is 2.86 bits per heavy atom. The van der Waals surface area contributed by atoms with Crippen molar-refractivity contribution in [3.05, 3.63) is 29.3 Å². The minimum atomic E-state index is -0.786. The molecule has 2 rings (SSSR count). The van der Waals surface area contributed by atoms with Crippen molar-refractivity contribution in [1.29, 1.82) is 0 Å². The summed E-state index contributed by atoms with van der Waals surface area (Å²) < 4.78 is 5.47. The first-order valence-corrected chi connectivity index (χ1v) is 7.70. The summed E-state index contributed by atoms with van der Waals surface area (Å²) in [4.78, 5) is 12.9. The number of hydrogen-bond acceptors (Lipinski definition) is 5. The van der Waals surface area contributed by atoms with Crippen LogP contribution in [0.15, 0.2) is 18.2 Å². The highest BCUT2D eigenvalue weighted by Gasteiger charge is 2.11. The van der Waals surface area contributed by atoms with Gasteiger partial charge in [-0.25, -0.2) is 0 Å². The molecule has 1 aliphatic heterocycles. The molecule has 0 amide bonds. The molecule has 0 saturated carbocycles. The molecule has 0 atom stereocenters. The summed E-state index contributed by atoms with van der Waals surface area (Å²) in [6, 6.07) is 6.26. The predicted octanol–water partition coefficient (Wildman–Crippen LogP) is 0.665. The van der Waals surface area contributed by atoms with Crippen molar-refractivity contribution in [3.63, 3.8) is 0 Å². The first-order chi connectivity index (χ1) is 10.7. The lowest BCUT2D eigenvalue weighted by Gasteiger charge is -2.27. The number of carboxylic acid groups (broad SMARTS) is 1. The van der Waals surface area contributed by atoms with E-state index in [9.17, 15) is 4.79 Å². The molecule has 0 aliphatic carbocycles. The van der Waals surface area contributed by atoms with Gasteiger partial charge in [0.25, 0.3) is 0 Å². The number of rotatable bonds is 8. The zero-order valence-corrected chi connectivity index (χ0v) is 13.1. The largest absolute Gasteiger partial charge is 0.496 e. The summed E-state index contributed by atoms with van der Waals surface area (Å²) in [5.74, 6) is 0.0706. The number of ether oxygens (including phenoxy) is 1. The first kappa shape index (κ1) is 16.7. The van der Waals surface area contributed by atoms with Crippen LogP contribution in [0.4, 0.5) is 0 Å². The molecule has 0 radical (unpaired) electrons. The number of hydrogen-bond donors (Lipinski definition) is 3. The number of nitrogens with zero attached hydrogens (tertiary/aromatic N) is 1. The highest BCUT2D eigenvalue weighted by atomic mass is 16.5. The van der Waals surface area contributed by atoms with Crippen molar-refractivity contribution < 1.29 is 14.6 Å². The van der Waals surface area contributed by atoms with E-state index in [0.717, 1.165) is 44.0 Å². The van der Waals surface area contributed by atoms with Crippen LogP contribution in [-0.4, -0.2) is 55.8 Å². The van der Waals surface area contributed by atoms with E-state index in [4.69, 9.17) is 9.84 Å². The average molecular weight is 307 g/mol. The third-order valence-corrected chi connectivity index (χ3v) is 3.80. The van der Waals surface area contributed by atoms with Gasteiger partial charge in [-0.15, -0.1) is 0 Å². The number of piperazine rings is 1. The lowest BCUT2D eigenvalue weighted by atomic mass is 10.1. The Morgan fingerprint density at radius 2 is 2.18 bits per heavy atom. The SMILES string of the molecule is COc1cc(CN2CCNCC2)ccc1CNCCC(=O)O. The quantitative estimate of drug-likeness (QED) is 0.613. The maximum Gasteiger partial charge on any atom is 0.304 e. The molecule has 22 heavy (non-hydrogen) atoms. The second-order valence-electron chi connectivity index (χ2n) is 5.49. The maximum absolute atomic E-state index is 10.5. The average Bonchev–Trinajstić information content (AvgIpc) is 2.53. The van der Waals surface area contributed by atoms with Gasteiger partial charge in [0.15, 0.2) is 0 Å². The molecule has 6 nitrogen and oxygen atoms in total. The Bertz CT molecular complexity index is 488. The summed E-state index contributed by atoms with van der Waals surface area (Å²) in [7, 11) is 1.67. The zero-order valence-electron chi connectivity index (χ0n) is 13.1. The second-order valence-corrected chi connectivity index (χ2v) is 5.49. The molecule has 122 valence electrons. The van der Waals surface area contributed by atoms with Crippen molar-refractivity contribution in [2.45, 2.75) is 19.5 Å². The molecule has 6 heteroatoms. The first-order valence-electron chi connectivity index (χ1n) is 7.70. The fraction of sp³-hybridized carbons (Fsp3) is 0.562. The molecule has 1 saturated heterocycles. The summed E-state index contributed by atoms with van der Waals surface area (Å²) >= 11 is 0. The van der Waals surface area contributed by atoms with E-state index in [2.05, 4.69) is 33.7 Å². The van der Waals surface area contributed by atoms with Gasteiger partial charge in [0.05, 0.1) is 13.5 Å². The molecule has 0 aromatic heterocycles. The molecule has 1 heterocycles. The van der Waals surface area contributed by atoms with Crippen LogP contribution >= 0.6 is 0 Å². The smallest absolute Gasteiger partial charge is 0.304 e. The van der Waals surface area contributed by atoms with Gasteiger partial charge in [0.2, 0.25) is 0 Å². The van der Waals surface area contributed by atoms with E-state index in [1.54, 1.807) is 7.11 Å². The second kappa shape index (κ2) is 8.73. The van der Waals surface area contributed by atoms with Crippen LogP contribution in [-0.2, 0) is 17.9 Å². The van der Waals surface area contributed by atoms with E-state index in [0.29, 0.717) is 13.1 Å². The summed E-state index contributed by atoms with van der Waals surface area (Å²) in [5, 5.41) is 15.1. The van der Waals surface area contributed by atoms with Crippen LogP contribution < -0.4 is 15.4 Å². The van der Waals surface area contributed by atoms with Crippen LogP contribution in [0.2, 0.25) is 0 Å². The lowest BCUT2D eigenvalue weighted by Crippen LogP contribution is -2.42. The van der Waals surface area contributed by atoms with Gasteiger partial charge in [-0.05, 0) is 11.6 Å². The monoisotopic (exact) mass is 307 g/mol. The number of benzene rings is 1. The topological polar surface area (TPSA) is 73.8 Å². The highest BCUT2D eigenvalue weighted by molar-refractivity contribution is 5.66. The fourth-order valence-electron chi connectivity index (χ4n) is 2.58. The number of carbonyl (C=O) groups is 1. The molecule has 1 fully saturated rings. The Kier molecular flexibility index (Phi) is 6.64. The van der Waals surface area contributed by atoms with E-state index < -0.39 is 5.97 Å². The van der Waals surface area contributed by atoms with Crippen molar-refractivity contribution in [3.8, 4) is 5.75 Å². The molecule has 0 bridgehead atoms. The maximum atomic E-state index is 10.5. The Morgan fingerprint density at radius 1 is 1.41 bits per heavy atom. The van der Waals surface area contributed by atoms with Crippen molar-refractivity contribution in [2.24, 2.45) is 0 Å².